The first-order valence-electron chi connectivity index (χ1n) is 13.5. The van der Waals surface area contributed by atoms with Gasteiger partial charge in [0.05, 0.1) is 7.11 Å². The fraction of sp³-hybridized carbons (Fsp3) is 0.500. The van der Waals surface area contributed by atoms with Gasteiger partial charge in [0, 0.05) is 11.6 Å². The minimum absolute atomic E-state index is 0.0861. The van der Waals surface area contributed by atoms with Crippen LogP contribution in [-0.4, -0.2) is 31.3 Å². The lowest BCUT2D eigenvalue weighted by Gasteiger charge is -2.57. The van der Waals surface area contributed by atoms with Crippen molar-refractivity contribution in [2.24, 2.45) is 17.8 Å². The highest BCUT2D eigenvalue weighted by Crippen LogP contribution is 2.62. The molecule has 0 spiro atoms. The number of carbonyl (C=O) groups excluding carboxylic acids is 2. The number of carbonyl (C=O) groups is 2. The van der Waals surface area contributed by atoms with Gasteiger partial charge in [-0.3, -0.25) is 0 Å². The zero-order valence-corrected chi connectivity index (χ0v) is 22.4. The highest BCUT2D eigenvalue weighted by atomic mass is 16.6. The third-order valence-electron chi connectivity index (χ3n) is 8.21. The Morgan fingerprint density at radius 3 is 2.08 bits per heavy atom. The van der Waals surface area contributed by atoms with Crippen LogP contribution in [0.4, 0.5) is 0 Å². The molecule has 4 aliphatic rings. The molecule has 0 heterocycles. The molecule has 0 unspecified atom stereocenters. The highest BCUT2D eigenvalue weighted by Gasteiger charge is 2.52. The van der Waals surface area contributed by atoms with Crippen LogP contribution in [0.5, 0.6) is 5.75 Å². The highest BCUT2D eigenvalue weighted by molar-refractivity contribution is 5.87. The van der Waals surface area contributed by atoms with Gasteiger partial charge < -0.3 is 14.2 Å². The van der Waals surface area contributed by atoms with Crippen LogP contribution in [0.3, 0.4) is 0 Å². The summed E-state index contributed by atoms with van der Waals surface area (Å²) in [6.07, 6.45) is 10.9. The average molecular weight is 503 g/mol. The van der Waals surface area contributed by atoms with E-state index in [2.05, 4.69) is 29.0 Å². The number of rotatable bonds is 7. The minimum Gasteiger partial charge on any atom is -0.482 e. The first-order chi connectivity index (χ1) is 17.6. The van der Waals surface area contributed by atoms with Gasteiger partial charge >= 0.3 is 11.9 Å². The molecular formula is C32H38O5. The van der Waals surface area contributed by atoms with Crippen LogP contribution in [0.25, 0.3) is 17.2 Å². The summed E-state index contributed by atoms with van der Waals surface area (Å²) in [6.45, 7) is 5.53. The molecule has 0 aliphatic heterocycles. The number of esters is 2. The van der Waals surface area contributed by atoms with Crippen LogP contribution in [0.15, 0.2) is 48.5 Å². The Morgan fingerprint density at radius 2 is 1.51 bits per heavy atom. The third-order valence-corrected chi connectivity index (χ3v) is 8.21. The average Bonchev–Trinajstić information content (AvgIpc) is 2.84. The van der Waals surface area contributed by atoms with Crippen molar-refractivity contribution in [3.8, 4) is 16.9 Å². The first kappa shape index (κ1) is 25.6. The summed E-state index contributed by atoms with van der Waals surface area (Å²) in [6, 6.07) is 14.6. The van der Waals surface area contributed by atoms with Crippen molar-refractivity contribution < 1.29 is 23.8 Å². The van der Waals surface area contributed by atoms with Crippen molar-refractivity contribution in [3.05, 3.63) is 59.7 Å². The van der Waals surface area contributed by atoms with Crippen LogP contribution >= 0.6 is 0 Å². The SMILES string of the molecule is COC(=O)C=Cc1ccc(-c2ccc(OCC(=O)OC(C)(C)C)c(C34CC5CC(CC(C5)C3)C4)c2)cc1. The van der Waals surface area contributed by atoms with Gasteiger partial charge in [0.15, 0.2) is 6.61 Å². The Kier molecular flexibility index (Phi) is 6.91. The molecule has 5 heteroatoms. The molecule has 0 atom stereocenters. The summed E-state index contributed by atoms with van der Waals surface area (Å²) < 4.78 is 16.4. The Bertz CT molecular complexity index is 1150. The van der Waals surface area contributed by atoms with E-state index >= 15 is 0 Å². The predicted octanol–water partition coefficient (Wildman–Crippen LogP) is 6.73. The predicted molar refractivity (Wildman–Crippen MR) is 144 cm³/mol. The molecule has 2 aromatic rings. The van der Waals surface area contributed by atoms with E-state index in [0.717, 1.165) is 40.2 Å². The van der Waals surface area contributed by atoms with E-state index in [-0.39, 0.29) is 24.0 Å². The molecule has 4 fully saturated rings. The zero-order chi connectivity index (χ0) is 26.2. The van der Waals surface area contributed by atoms with Crippen molar-refractivity contribution in [2.45, 2.75) is 70.3 Å². The topological polar surface area (TPSA) is 61.8 Å². The maximum atomic E-state index is 12.4. The van der Waals surface area contributed by atoms with Gasteiger partial charge in [-0.05, 0) is 117 Å². The van der Waals surface area contributed by atoms with Crippen LogP contribution in [0.2, 0.25) is 0 Å². The van der Waals surface area contributed by atoms with E-state index in [1.165, 1.54) is 57.3 Å². The van der Waals surface area contributed by atoms with Gasteiger partial charge in [0.2, 0.25) is 0 Å². The molecule has 0 aromatic heterocycles. The second-order valence-corrected chi connectivity index (χ2v) is 12.3. The van der Waals surface area contributed by atoms with E-state index in [9.17, 15) is 9.59 Å². The summed E-state index contributed by atoms with van der Waals surface area (Å²) >= 11 is 0. The Balaban J connectivity index is 1.45. The summed E-state index contributed by atoms with van der Waals surface area (Å²) in [5.74, 6) is 2.50. The molecule has 0 saturated heterocycles. The fourth-order valence-electron chi connectivity index (χ4n) is 7.22. The summed E-state index contributed by atoms with van der Waals surface area (Å²) in [7, 11) is 1.37. The number of benzene rings is 2. The molecule has 37 heavy (non-hydrogen) atoms. The number of hydrogen-bond acceptors (Lipinski definition) is 5. The second kappa shape index (κ2) is 10.00. The van der Waals surface area contributed by atoms with Crippen molar-refractivity contribution >= 4 is 18.0 Å². The molecule has 4 saturated carbocycles. The van der Waals surface area contributed by atoms with Crippen molar-refractivity contribution in [2.75, 3.05) is 13.7 Å². The molecule has 196 valence electrons. The smallest absolute Gasteiger partial charge is 0.344 e. The lowest BCUT2D eigenvalue weighted by atomic mass is 9.48. The maximum Gasteiger partial charge on any atom is 0.344 e. The minimum atomic E-state index is -0.536. The Labute approximate surface area is 220 Å². The number of ether oxygens (including phenoxy) is 3. The van der Waals surface area contributed by atoms with E-state index in [1.54, 1.807) is 6.08 Å². The normalized spacial score (nSPS) is 26.3. The third kappa shape index (κ3) is 5.76. The van der Waals surface area contributed by atoms with Crippen molar-refractivity contribution in [3.63, 3.8) is 0 Å². The van der Waals surface area contributed by atoms with E-state index in [1.807, 2.05) is 39.0 Å². The zero-order valence-electron chi connectivity index (χ0n) is 22.4. The van der Waals surface area contributed by atoms with Gasteiger partial charge in [0.1, 0.15) is 11.4 Å². The standard InChI is InChI=1S/C32H38O5/c1-31(2,3)37-30(34)20-36-28-11-10-26(25-8-5-21(6-9-25)7-12-29(33)35-4)16-27(28)32-17-22-13-23(18-32)15-24(14-22)19-32/h5-12,16,22-24H,13-15,17-20H2,1-4H3. The monoisotopic (exact) mass is 502 g/mol. The molecule has 0 N–H and O–H groups in total. The van der Waals surface area contributed by atoms with Crippen LogP contribution in [0, 0.1) is 17.8 Å². The molecule has 0 radical (unpaired) electrons. The van der Waals surface area contributed by atoms with E-state index < -0.39 is 5.60 Å². The first-order valence-corrected chi connectivity index (χ1v) is 13.5. The molecular weight excluding hydrogens is 464 g/mol. The van der Waals surface area contributed by atoms with Crippen LogP contribution in [-0.2, 0) is 24.5 Å². The van der Waals surface area contributed by atoms with E-state index in [0.29, 0.717) is 0 Å². The van der Waals surface area contributed by atoms with Gasteiger partial charge in [-0.25, -0.2) is 9.59 Å². The van der Waals surface area contributed by atoms with Crippen LogP contribution < -0.4 is 4.74 Å². The van der Waals surface area contributed by atoms with Crippen molar-refractivity contribution in [1.82, 2.24) is 0 Å². The van der Waals surface area contributed by atoms with Gasteiger partial charge in [0.25, 0.3) is 0 Å². The lowest BCUT2D eigenvalue weighted by molar-refractivity contribution is -0.157. The molecule has 5 nitrogen and oxygen atoms in total. The maximum absolute atomic E-state index is 12.4. The Morgan fingerprint density at radius 1 is 0.919 bits per heavy atom. The second-order valence-electron chi connectivity index (χ2n) is 12.3. The number of hydrogen-bond donors (Lipinski definition) is 0. The lowest BCUT2D eigenvalue weighted by Crippen LogP contribution is -2.48. The van der Waals surface area contributed by atoms with Gasteiger partial charge in [-0.15, -0.1) is 0 Å². The fourth-order valence-corrected chi connectivity index (χ4v) is 7.22. The van der Waals surface area contributed by atoms with E-state index in [4.69, 9.17) is 9.47 Å². The van der Waals surface area contributed by atoms with Crippen molar-refractivity contribution in [1.29, 1.82) is 0 Å². The largest absolute Gasteiger partial charge is 0.482 e. The number of methoxy groups -OCH3 is 1. The summed E-state index contributed by atoms with van der Waals surface area (Å²) in [5.41, 5.74) is 4.02. The van der Waals surface area contributed by atoms with Gasteiger partial charge in [-0.2, -0.15) is 0 Å². The quantitative estimate of drug-likeness (QED) is 0.310. The molecule has 4 bridgehead atoms. The van der Waals surface area contributed by atoms with Crippen LogP contribution in [0.1, 0.15) is 70.4 Å². The molecule has 6 rings (SSSR count). The van der Waals surface area contributed by atoms with Gasteiger partial charge in [-0.1, -0.05) is 30.3 Å². The summed E-state index contributed by atoms with van der Waals surface area (Å²) in [4.78, 5) is 23.9. The molecule has 4 aliphatic carbocycles. The molecule has 0 amide bonds. The summed E-state index contributed by atoms with van der Waals surface area (Å²) in [5, 5.41) is 0. The Hall–Kier alpha value is -3.08. The molecule has 2 aromatic carbocycles.